The number of aliphatic carboxylic acids is 1. The molecule has 0 bridgehead atoms. The van der Waals surface area contributed by atoms with E-state index in [1.54, 1.807) is 23.9 Å². The van der Waals surface area contributed by atoms with Crippen LogP contribution in [0.5, 0.6) is 0 Å². The van der Waals surface area contributed by atoms with E-state index in [0.29, 0.717) is 17.9 Å². The van der Waals surface area contributed by atoms with Gasteiger partial charge in [-0.1, -0.05) is 22.0 Å². The van der Waals surface area contributed by atoms with E-state index in [0.717, 1.165) is 15.8 Å². The van der Waals surface area contributed by atoms with Crippen LogP contribution in [0.2, 0.25) is 0 Å². The molecule has 0 saturated carbocycles. The molecular weight excluding hydrogens is 330 g/mol. The third-order valence-corrected chi connectivity index (χ3v) is 4.97. The Morgan fingerprint density at radius 1 is 1.47 bits per heavy atom. The zero-order chi connectivity index (χ0) is 14.0. The molecule has 1 N–H and O–H groups in total. The molecule has 1 amide bonds. The Bertz CT molecular complexity index is 521. The summed E-state index contributed by atoms with van der Waals surface area (Å²) in [5.41, 5.74) is 1.57. The molecule has 1 aliphatic rings. The Morgan fingerprint density at radius 2 is 2.21 bits per heavy atom. The molecule has 0 aromatic heterocycles. The van der Waals surface area contributed by atoms with E-state index in [2.05, 4.69) is 15.9 Å². The zero-order valence-electron chi connectivity index (χ0n) is 10.4. The predicted molar refractivity (Wildman–Crippen MR) is 78.7 cm³/mol. The molecule has 1 heterocycles. The van der Waals surface area contributed by atoms with Gasteiger partial charge in [0.05, 0.1) is 0 Å². The number of nitrogens with zero attached hydrogens (tertiary/aromatic N) is 1. The van der Waals surface area contributed by atoms with E-state index in [-0.39, 0.29) is 5.91 Å². The summed E-state index contributed by atoms with van der Waals surface area (Å²) in [6, 6.07) is 4.61. The first-order chi connectivity index (χ1) is 9.00. The van der Waals surface area contributed by atoms with Gasteiger partial charge in [-0.3, -0.25) is 4.79 Å². The van der Waals surface area contributed by atoms with Crippen molar-refractivity contribution < 1.29 is 14.7 Å². The molecule has 19 heavy (non-hydrogen) atoms. The molecule has 1 unspecified atom stereocenters. The second-order valence-electron chi connectivity index (χ2n) is 4.39. The van der Waals surface area contributed by atoms with Crippen LogP contribution in [-0.2, 0) is 4.79 Å². The highest BCUT2D eigenvalue weighted by Crippen LogP contribution is 2.22. The molecule has 1 fully saturated rings. The fourth-order valence-corrected chi connectivity index (χ4v) is 3.36. The average Bonchev–Trinajstić information content (AvgIpc) is 2.41. The highest BCUT2D eigenvalue weighted by atomic mass is 79.9. The summed E-state index contributed by atoms with van der Waals surface area (Å²) in [6.07, 6.45) is 0. The summed E-state index contributed by atoms with van der Waals surface area (Å²) in [6.45, 7) is 2.42. The minimum Gasteiger partial charge on any atom is -0.480 e. The van der Waals surface area contributed by atoms with Crippen LogP contribution in [0.3, 0.4) is 0 Å². The lowest BCUT2D eigenvalue weighted by atomic mass is 10.1. The highest BCUT2D eigenvalue weighted by Gasteiger charge is 2.32. The normalized spacial score (nSPS) is 19.3. The van der Waals surface area contributed by atoms with Crippen molar-refractivity contribution in [3.63, 3.8) is 0 Å². The number of hydrogen-bond donors (Lipinski definition) is 1. The lowest BCUT2D eigenvalue weighted by Crippen LogP contribution is -2.50. The Labute approximate surface area is 124 Å². The molecule has 1 saturated heterocycles. The van der Waals surface area contributed by atoms with Crippen molar-refractivity contribution >= 4 is 39.6 Å². The topological polar surface area (TPSA) is 57.6 Å². The maximum Gasteiger partial charge on any atom is 0.327 e. The second kappa shape index (κ2) is 5.96. The van der Waals surface area contributed by atoms with E-state index in [1.807, 2.05) is 13.0 Å². The van der Waals surface area contributed by atoms with E-state index in [1.165, 1.54) is 4.90 Å². The van der Waals surface area contributed by atoms with Crippen molar-refractivity contribution in [1.29, 1.82) is 0 Å². The summed E-state index contributed by atoms with van der Waals surface area (Å²) < 4.78 is 0.858. The largest absolute Gasteiger partial charge is 0.480 e. The standard InChI is InChI=1S/C13H14BrNO3S/c1-8-2-3-9(6-10(8)14)12(16)15-4-5-19-7-11(15)13(17)18/h2-3,6,11H,4-5,7H2,1H3,(H,17,18). The number of carboxylic acids is 1. The molecule has 2 rings (SSSR count). The maximum absolute atomic E-state index is 12.4. The van der Waals surface area contributed by atoms with E-state index in [9.17, 15) is 14.7 Å². The number of benzene rings is 1. The first kappa shape index (κ1) is 14.4. The van der Waals surface area contributed by atoms with E-state index >= 15 is 0 Å². The van der Waals surface area contributed by atoms with Gasteiger partial charge in [-0.2, -0.15) is 11.8 Å². The third-order valence-electron chi connectivity index (χ3n) is 3.09. The number of aryl methyl sites for hydroxylation is 1. The van der Waals surface area contributed by atoms with Crippen molar-refractivity contribution in [3.8, 4) is 0 Å². The molecule has 0 spiro atoms. The summed E-state index contributed by atoms with van der Waals surface area (Å²) in [5, 5.41) is 9.19. The Hall–Kier alpha value is -1.01. The fourth-order valence-electron chi connectivity index (χ4n) is 1.94. The van der Waals surface area contributed by atoms with Gasteiger partial charge in [0.2, 0.25) is 0 Å². The molecule has 1 aliphatic heterocycles. The van der Waals surface area contributed by atoms with Gasteiger partial charge in [0, 0.05) is 28.1 Å². The fraction of sp³-hybridized carbons (Fsp3) is 0.385. The Balaban J connectivity index is 2.26. The first-order valence-corrected chi connectivity index (χ1v) is 7.83. The van der Waals surface area contributed by atoms with Crippen LogP contribution in [0, 0.1) is 6.92 Å². The van der Waals surface area contributed by atoms with Crippen LogP contribution in [0.1, 0.15) is 15.9 Å². The van der Waals surface area contributed by atoms with Gasteiger partial charge in [-0.15, -0.1) is 0 Å². The number of halogens is 1. The smallest absolute Gasteiger partial charge is 0.327 e. The average molecular weight is 344 g/mol. The maximum atomic E-state index is 12.4. The molecule has 0 radical (unpaired) electrons. The van der Waals surface area contributed by atoms with Gasteiger partial charge in [-0.25, -0.2) is 4.79 Å². The van der Waals surface area contributed by atoms with Crippen LogP contribution < -0.4 is 0 Å². The van der Waals surface area contributed by atoms with E-state index in [4.69, 9.17) is 0 Å². The van der Waals surface area contributed by atoms with Crippen LogP contribution in [0.15, 0.2) is 22.7 Å². The summed E-state index contributed by atoms with van der Waals surface area (Å²) >= 11 is 4.96. The summed E-state index contributed by atoms with van der Waals surface area (Å²) in [4.78, 5) is 25.1. The van der Waals surface area contributed by atoms with Gasteiger partial charge in [0.15, 0.2) is 0 Å². The molecule has 1 atom stereocenters. The van der Waals surface area contributed by atoms with E-state index < -0.39 is 12.0 Å². The van der Waals surface area contributed by atoms with Gasteiger partial charge >= 0.3 is 5.97 Å². The van der Waals surface area contributed by atoms with Crippen LogP contribution in [-0.4, -0.2) is 46.0 Å². The number of amides is 1. The van der Waals surface area contributed by atoms with Crippen molar-refractivity contribution in [2.24, 2.45) is 0 Å². The lowest BCUT2D eigenvalue weighted by Gasteiger charge is -2.32. The summed E-state index contributed by atoms with van der Waals surface area (Å²) in [5.74, 6) is 0.0801. The number of carbonyl (C=O) groups is 2. The molecule has 4 nitrogen and oxygen atoms in total. The van der Waals surface area contributed by atoms with Crippen molar-refractivity contribution in [3.05, 3.63) is 33.8 Å². The van der Waals surface area contributed by atoms with Gasteiger partial charge < -0.3 is 10.0 Å². The minimum absolute atomic E-state index is 0.214. The number of carboxylic acid groups (broad SMARTS) is 1. The third kappa shape index (κ3) is 3.12. The first-order valence-electron chi connectivity index (χ1n) is 5.88. The molecular formula is C13H14BrNO3S. The van der Waals surface area contributed by atoms with Gasteiger partial charge in [-0.05, 0) is 24.6 Å². The molecule has 6 heteroatoms. The quantitative estimate of drug-likeness (QED) is 0.895. The van der Waals surface area contributed by atoms with Crippen LogP contribution in [0.4, 0.5) is 0 Å². The van der Waals surface area contributed by atoms with Crippen molar-refractivity contribution in [1.82, 2.24) is 4.90 Å². The predicted octanol–water partition coefficient (Wildman–Crippen LogP) is 2.40. The number of hydrogen-bond acceptors (Lipinski definition) is 3. The van der Waals surface area contributed by atoms with Crippen molar-refractivity contribution in [2.75, 3.05) is 18.1 Å². The molecule has 0 aliphatic carbocycles. The van der Waals surface area contributed by atoms with Gasteiger partial charge in [0.25, 0.3) is 5.91 Å². The summed E-state index contributed by atoms with van der Waals surface area (Å²) in [7, 11) is 0. The van der Waals surface area contributed by atoms with Crippen LogP contribution in [0.25, 0.3) is 0 Å². The van der Waals surface area contributed by atoms with Crippen LogP contribution >= 0.6 is 27.7 Å². The number of carbonyl (C=O) groups excluding carboxylic acids is 1. The molecule has 1 aromatic carbocycles. The number of rotatable bonds is 2. The zero-order valence-corrected chi connectivity index (χ0v) is 12.8. The minimum atomic E-state index is -0.938. The SMILES string of the molecule is Cc1ccc(C(=O)N2CCSCC2C(=O)O)cc1Br. The van der Waals surface area contributed by atoms with Crippen molar-refractivity contribution in [2.45, 2.75) is 13.0 Å². The number of thioether (sulfide) groups is 1. The Kier molecular flexibility index (Phi) is 4.52. The second-order valence-corrected chi connectivity index (χ2v) is 6.40. The lowest BCUT2D eigenvalue weighted by molar-refractivity contribution is -0.141. The highest BCUT2D eigenvalue weighted by molar-refractivity contribution is 9.10. The molecule has 102 valence electrons. The Morgan fingerprint density at radius 3 is 2.84 bits per heavy atom. The monoisotopic (exact) mass is 343 g/mol. The molecule has 1 aromatic rings. The van der Waals surface area contributed by atoms with Gasteiger partial charge in [0.1, 0.15) is 6.04 Å².